The van der Waals surface area contributed by atoms with Gasteiger partial charge in [0.05, 0.1) is 6.04 Å². The van der Waals surface area contributed by atoms with Crippen LogP contribution in [0, 0.1) is 6.92 Å². The van der Waals surface area contributed by atoms with Crippen molar-refractivity contribution in [3.63, 3.8) is 0 Å². The van der Waals surface area contributed by atoms with Gasteiger partial charge in [-0.25, -0.2) is 0 Å². The largest absolute Gasteiger partial charge is 0.290 e. The monoisotopic (exact) mass is 257 g/mol. The van der Waals surface area contributed by atoms with E-state index in [0.29, 0.717) is 6.04 Å². The highest BCUT2D eigenvalue weighted by atomic mass is 31.0. The molecule has 0 saturated heterocycles. The highest BCUT2D eigenvalue weighted by Crippen LogP contribution is 2.35. The lowest BCUT2D eigenvalue weighted by Gasteiger charge is -2.22. The summed E-state index contributed by atoms with van der Waals surface area (Å²) in [6, 6.07) is 11.2. The Balaban J connectivity index is 0.000000574. The van der Waals surface area contributed by atoms with E-state index in [0.717, 1.165) is 0 Å². The van der Waals surface area contributed by atoms with Crippen molar-refractivity contribution in [2.24, 2.45) is 0 Å². The Kier molecular flexibility index (Phi) is 4.16. The molecule has 94 valence electrons. The molecule has 18 heavy (non-hydrogen) atoms. The molecule has 0 bridgehead atoms. The number of hydrogen-bond donors (Lipinski definition) is 1. The third-order valence-corrected chi connectivity index (χ3v) is 3.65. The average molecular weight is 257 g/mol. The van der Waals surface area contributed by atoms with Crippen LogP contribution in [-0.2, 0) is 0 Å². The molecule has 0 aliphatic heterocycles. The van der Waals surface area contributed by atoms with Gasteiger partial charge in [-0.05, 0) is 34.4 Å². The fourth-order valence-corrected chi connectivity index (χ4v) is 2.79. The first-order chi connectivity index (χ1) is 8.81. The predicted octanol–water partition coefficient (Wildman–Crippen LogP) is 4.62. The third kappa shape index (κ3) is 2.09. The zero-order valence-electron chi connectivity index (χ0n) is 11.2. The molecule has 0 amide bonds. The van der Waals surface area contributed by atoms with Crippen LogP contribution in [0.2, 0.25) is 0 Å². The molecule has 0 heterocycles. The molecule has 1 N–H and O–H groups in total. The van der Waals surface area contributed by atoms with Gasteiger partial charge < -0.3 is 0 Å². The normalized spacial score (nSPS) is 16.3. The molecule has 1 aliphatic carbocycles. The zero-order chi connectivity index (χ0) is 13.1. The van der Waals surface area contributed by atoms with Crippen LogP contribution < -0.4 is 5.09 Å². The van der Waals surface area contributed by atoms with Crippen molar-refractivity contribution in [2.45, 2.75) is 26.8 Å². The van der Waals surface area contributed by atoms with Gasteiger partial charge in [-0.3, -0.25) is 5.09 Å². The van der Waals surface area contributed by atoms with E-state index < -0.39 is 0 Å². The summed E-state index contributed by atoms with van der Waals surface area (Å²) in [5, 5.41) is 6.00. The van der Waals surface area contributed by atoms with Crippen LogP contribution in [0.25, 0.3) is 16.8 Å². The Hall–Kier alpha value is -1.17. The van der Waals surface area contributed by atoms with E-state index in [9.17, 15) is 0 Å². The summed E-state index contributed by atoms with van der Waals surface area (Å²) >= 11 is 0. The minimum absolute atomic E-state index is 0.309. The molecular weight excluding hydrogens is 237 g/mol. The Morgan fingerprint density at radius 1 is 1.11 bits per heavy atom. The lowest BCUT2D eigenvalue weighted by molar-refractivity contribution is 0.837. The molecule has 0 radical (unpaired) electrons. The van der Waals surface area contributed by atoms with Crippen molar-refractivity contribution in [3.8, 4) is 0 Å². The molecule has 0 saturated carbocycles. The van der Waals surface area contributed by atoms with Crippen LogP contribution in [0.1, 0.15) is 36.6 Å². The molecular formula is C16H20NP. The molecule has 0 aromatic heterocycles. The van der Waals surface area contributed by atoms with Gasteiger partial charge >= 0.3 is 0 Å². The summed E-state index contributed by atoms with van der Waals surface area (Å²) in [5.74, 6) is 0. The first-order valence-electron chi connectivity index (χ1n) is 6.48. The summed E-state index contributed by atoms with van der Waals surface area (Å²) < 4.78 is 0. The van der Waals surface area contributed by atoms with Crippen LogP contribution in [0.4, 0.5) is 0 Å². The lowest BCUT2D eigenvalue weighted by Crippen LogP contribution is -2.12. The quantitative estimate of drug-likeness (QED) is 0.735. The van der Waals surface area contributed by atoms with E-state index in [1.165, 1.54) is 27.5 Å². The number of benzene rings is 2. The minimum Gasteiger partial charge on any atom is -0.290 e. The fraction of sp³-hybridized carbons (Fsp3) is 0.250. The van der Waals surface area contributed by atoms with Gasteiger partial charge in [-0.2, -0.15) is 0 Å². The van der Waals surface area contributed by atoms with Gasteiger partial charge in [0.1, 0.15) is 0 Å². The highest BCUT2D eigenvalue weighted by molar-refractivity contribution is 7.13. The van der Waals surface area contributed by atoms with Crippen LogP contribution in [-0.4, -0.2) is 0 Å². The maximum atomic E-state index is 3.28. The van der Waals surface area contributed by atoms with Gasteiger partial charge in [0.25, 0.3) is 0 Å². The molecule has 1 aliphatic rings. The van der Waals surface area contributed by atoms with Gasteiger partial charge in [0.2, 0.25) is 0 Å². The van der Waals surface area contributed by atoms with Crippen LogP contribution in [0.15, 0.2) is 36.4 Å². The maximum absolute atomic E-state index is 3.28. The molecule has 1 nitrogen and oxygen atoms in total. The summed E-state index contributed by atoms with van der Waals surface area (Å²) in [7, 11) is 2.61. The number of aryl methyl sites for hydroxylation is 1. The molecule has 0 fully saturated rings. The van der Waals surface area contributed by atoms with Gasteiger partial charge in [-0.15, -0.1) is 0 Å². The van der Waals surface area contributed by atoms with E-state index in [1.54, 1.807) is 0 Å². The summed E-state index contributed by atoms with van der Waals surface area (Å²) in [5.41, 5.74) is 4.09. The van der Waals surface area contributed by atoms with Gasteiger partial charge in [-0.1, -0.05) is 65.7 Å². The van der Waals surface area contributed by atoms with Crippen molar-refractivity contribution in [1.82, 2.24) is 5.09 Å². The Labute approximate surface area is 112 Å². The first-order valence-corrected chi connectivity index (χ1v) is 7.05. The van der Waals surface area contributed by atoms with Crippen molar-refractivity contribution in [2.75, 3.05) is 0 Å². The Bertz CT molecular complexity index is 587. The van der Waals surface area contributed by atoms with Crippen molar-refractivity contribution < 1.29 is 0 Å². The Morgan fingerprint density at radius 2 is 1.89 bits per heavy atom. The first kappa shape index (κ1) is 13.3. The van der Waals surface area contributed by atoms with E-state index in [4.69, 9.17) is 0 Å². The van der Waals surface area contributed by atoms with Crippen molar-refractivity contribution >= 4 is 26.2 Å². The average Bonchev–Trinajstić information content (AvgIpc) is 2.45. The van der Waals surface area contributed by atoms with E-state index >= 15 is 0 Å². The standard InChI is InChI=1S/C14H14NP.C2H6/c1-9-5-6-10-3-2-4-11-7-8-12(15-16)13(9)14(10)11;1-2/h2-8,12,15H,16H2,1H3;1-2H3. The van der Waals surface area contributed by atoms with Crippen molar-refractivity contribution in [3.05, 3.63) is 53.1 Å². The summed E-state index contributed by atoms with van der Waals surface area (Å²) in [4.78, 5) is 0. The third-order valence-electron chi connectivity index (χ3n) is 3.29. The molecule has 2 aromatic rings. The zero-order valence-corrected chi connectivity index (χ0v) is 12.4. The van der Waals surface area contributed by atoms with E-state index in [-0.39, 0.29) is 0 Å². The smallest absolute Gasteiger partial charge is 0.0547 e. The van der Waals surface area contributed by atoms with Crippen LogP contribution in [0.3, 0.4) is 0 Å². The maximum Gasteiger partial charge on any atom is 0.0547 e. The minimum atomic E-state index is 0.309. The molecule has 2 heteroatoms. The van der Waals surface area contributed by atoms with E-state index in [2.05, 4.69) is 63.9 Å². The topological polar surface area (TPSA) is 12.0 Å². The van der Waals surface area contributed by atoms with Crippen LogP contribution >= 0.6 is 9.39 Å². The summed E-state index contributed by atoms with van der Waals surface area (Å²) in [6.45, 7) is 6.18. The number of nitrogens with one attached hydrogen (secondary N) is 1. The molecule has 3 rings (SSSR count). The van der Waals surface area contributed by atoms with Gasteiger partial charge in [0, 0.05) is 0 Å². The lowest BCUT2D eigenvalue weighted by atomic mass is 9.87. The molecule has 2 atom stereocenters. The molecule has 2 aromatic carbocycles. The second kappa shape index (κ2) is 5.65. The number of rotatable bonds is 1. The fourth-order valence-electron chi connectivity index (χ4n) is 2.52. The molecule has 2 unspecified atom stereocenters. The Morgan fingerprint density at radius 3 is 2.61 bits per heavy atom. The summed E-state index contributed by atoms with van der Waals surface area (Å²) in [6.07, 6.45) is 4.42. The van der Waals surface area contributed by atoms with Crippen molar-refractivity contribution in [1.29, 1.82) is 0 Å². The second-order valence-corrected chi connectivity index (χ2v) is 4.58. The second-order valence-electron chi connectivity index (χ2n) is 4.24. The SMILES string of the molecule is CC.Cc1ccc2cccc3c2c1C(NP)C=C3. The molecule has 0 spiro atoms. The van der Waals surface area contributed by atoms with Gasteiger partial charge in [0.15, 0.2) is 0 Å². The van der Waals surface area contributed by atoms with Crippen LogP contribution in [0.5, 0.6) is 0 Å². The predicted molar refractivity (Wildman–Crippen MR) is 84.7 cm³/mol. The van der Waals surface area contributed by atoms with E-state index in [1.807, 2.05) is 13.8 Å². The number of hydrogen-bond acceptors (Lipinski definition) is 1. The highest BCUT2D eigenvalue weighted by Gasteiger charge is 2.17.